The van der Waals surface area contributed by atoms with Crippen molar-refractivity contribution >= 4 is 17.2 Å². The molecule has 2 saturated heterocycles. The lowest BCUT2D eigenvalue weighted by Crippen LogP contribution is -2.45. The van der Waals surface area contributed by atoms with Gasteiger partial charge < -0.3 is 9.88 Å². The van der Waals surface area contributed by atoms with Gasteiger partial charge in [0, 0.05) is 60.4 Å². The van der Waals surface area contributed by atoms with E-state index in [1.54, 1.807) is 16.8 Å². The molecule has 0 radical (unpaired) electrons. The summed E-state index contributed by atoms with van der Waals surface area (Å²) in [5, 5.41) is 12.0. The van der Waals surface area contributed by atoms with E-state index in [0.29, 0.717) is 24.0 Å². The molecule has 36 heavy (non-hydrogen) atoms. The van der Waals surface area contributed by atoms with Gasteiger partial charge in [0.2, 0.25) is 11.8 Å². The van der Waals surface area contributed by atoms with Gasteiger partial charge in [-0.2, -0.15) is 0 Å². The standard InChI is InChI=1S/C26H38F2N6OS/c1-16(2)24-32-31-17(3)34(24)21-12-19-4-5-20(13-21)33(19)11-8-22(23-14-29-15-36-23)30-25(35)18-6-9-26(27,28)10-7-18/h14-16,18-22H,4-13H2,1-3H3,(H,30,35)/t19-,20+,21?,22-/m0/s1. The summed E-state index contributed by atoms with van der Waals surface area (Å²) in [7, 11) is 0. The molecule has 4 heterocycles. The molecule has 2 aromatic rings. The normalized spacial score (nSPS) is 27.4. The average molecular weight is 521 g/mol. The number of nitrogens with zero attached hydrogens (tertiary/aromatic N) is 5. The molecule has 0 spiro atoms. The Balaban J connectivity index is 1.22. The first-order valence-corrected chi connectivity index (χ1v) is 14.3. The van der Waals surface area contributed by atoms with Gasteiger partial charge in [-0.1, -0.05) is 13.8 Å². The first-order valence-electron chi connectivity index (χ1n) is 13.5. The summed E-state index contributed by atoms with van der Waals surface area (Å²) in [6, 6.07) is 1.35. The van der Waals surface area contributed by atoms with Crippen LogP contribution in [0.4, 0.5) is 8.78 Å². The zero-order valence-electron chi connectivity index (χ0n) is 21.5. The summed E-state index contributed by atoms with van der Waals surface area (Å²) in [6.45, 7) is 7.32. The van der Waals surface area contributed by atoms with Crippen molar-refractivity contribution in [2.24, 2.45) is 5.92 Å². The Labute approximate surface area is 216 Å². The van der Waals surface area contributed by atoms with Gasteiger partial charge in [-0.3, -0.25) is 14.7 Å². The largest absolute Gasteiger partial charge is 0.348 e. The number of carbonyl (C=O) groups is 1. The number of hydrogen-bond donors (Lipinski definition) is 1. The quantitative estimate of drug-likeness (QED) is 0.504. The Hall–Kier alpha value is -1.94. The van der Waals surface area contributed by atoms with Gasteiger partial charge in [-0.05, 0) is 51.9 Å². The predicted octanol–water partition coefficient (Wildman–Crippen LogP) is 5.41. The number of halogens is 2. The van der Waals surface area contributed by atoms with Gasteiger partial charge in [-0.25, -0.2) is 8.78 Å². The van der Waals surface area contributed by atoms with Crippen LogP contribution in [0.3, 0.4) is 0 Å². The molecule has 0 aromatic carbocycles. The minimum Gasteiger partial charge on any atom is -0.348 e. The third kappa shape index (κ3) is 5.35. The lowest BCUT2D eigenvalue weighted by Gasteiger charge is -2.40. The highest BCUT2D eigenvalue weighted by Crippen LogP contribution is 2.43. The van der Waals surface area contributed by atoms with Crippen molar-refractivity contribution in [2.75, 3.05) is 6.54 Å². The van der Waals surface area contributed by atoms with E-state index in [1.165, 1.54) is 12.8 Å². The fraction of sp³-hybridized carbons (Fsp3) is 0.769. The first-order chi connectivity index (χ1) is 17.2. The van der Waals surface area contributed by atoms with Crippen LogP contribution < -0.4 is 5.32 Å². The molecule has 198 valence electrons. The van der Waals surface area contributed by atoms with Crippen LogP contribution in [0.5, 0.6) is 0 Å². The zero-order valence-corrected chi connectivity index (χ0v) is 22.3. The summed E-state index contributed by atoms with van der Waals surface area (Å²) >= 11 is 1.55. The van der Waals surface area contributed by atoms with E-state index in [0.717, 1.165) is 42.3 Å². The van der Waals surface area contributed by atoms with Gasteiger partial charge in [-0.15, -0.1) is 21.5 Å². The van der Waals surface area contributed by atoms with Crippen LogP contribution in [-0.4, -0.2) is 55.1 Å². The fourth-order valence-electron chi connectivity index (χ4n) is 6.61. The Bertz CT molecular complexity index is 1020. The molecule has 3 aliphatic rings. The number of piperidine rings is 1. The smallest absolute Gasteiger partial charge is 0.248 e. The number of thiazole rings is 1. The number of hydrogen-bond acceptors (Lipinski definition) is 6. The van der Waals surface area contributed by atoms with Crippen LogP contribution in [0.2, 0.25) is 0 Å². The fourth-order valence-corrected chi connectivity index (χ4v) is 7.31. The van der Waals surface area contributed by atoms with Crippen molar-refractivity contribution in [3.05, 3.63) is 28.2 Å². The molecule has 5 rings (SSSR count). The van der Waals surface area contributed by atoms with E-state index in [2.05, 4.69) is 50.7 Å². The Morgan fingerprint density at radius 3 is 2.44 bits per heavy atom. The van der Waals surface area contributed by atoms with Crippen molar-refractivity contribution in [3.63, 3.8) is 0 Å². The van der Waals surface area contributed by atoms with Crippen molar-refractivity contribution in [2.45, 2.75) is 115 Å². The van der Waals surface area contributed by atoms with E-state index < -0.39 is 5.92 Å². The monoisotopic (exact) mass is 520 g/mol. The highest BCUT2D eigenvalue weighted by Gasteiger charge is 2.42. The second-order valence-corrected chi connectivity index (χ2v) is 12.2. The maximum atomic E-state index is 13.6. The molecule has 2 bridgehead atoms. The molecule has 1 saturated carbocycles. The van der Waals surface area contributed by atoms with Crippen molar-refractivity contribution in [1.29, 1.82) is 0 Å². The SMILES string of the molecule is Cc1nnc(C(C)C)n1C1C[C@H]2CC[C@@H](C1)N2CC[C@H](NC(=O)C1CCC(F)(F)CC1)c1cncs1. The van der Waals surface area contributed by atoms with Gasteiger partial charge in [0.05, 0.1) is 11.6 Å². The summed E-state index contributed by atoms with van der Waals surface area (Å²) in [6.07, 6.45) is 7.36. The minimum absolute atomic E-state index is 0.0881. The zero-order chi connectivity index (χ0) is 25.4. The third-order valence-electron chi connectivity index (χ3n) is 8.51. The highest BCUT2D eigenvalue weighted by molar-refractivity contribution is 7.09. The molecule has 1 amide bonds. The summed E-state index contributed by atoms with van der Waals surface area (Å²) in [5.74, 6) is -0.602. The van der Waals surface area contributed by atoms with Crippen LogP contribution >= 0.6 is 11.3 Å². The molecule has 4 atom stereocenters. The molecule has 2 aliphatic heterocycles. The topological polar surface area (TPSA) is 75.9 Å². The molecule has 1 N–H and O–H groups in total. The van der Waals surface area contributed by atoms with Gasteiger partial charge in [0.25, 0.3) is 0 Å². The van der Waals surface area contributed by atoms with Crippen LogP contribution in [0.15, 0.2) is 11.7 Å². The van der Waals surface area contributed by atoms with Gasteiger partial charge in [0.1, 0.15) is 11.6 Å². The Morgan fingerprint density at radius 1 is 1.14 bits per heavy atom. The van der Waals surface area contributed by atoms with Gasteiger partial charge in [0.15, 0.2) is 0 Å². The number of fused-ring (bicyclic) bond motifs is 2. The predicted molar refractivity (Wildman–Crippen MR) is 135 cm³/mol. The minimum atomic E-state index is -2.62. The summed E-state index contributed by atoms with van der Waals surface area (Å²) in [4.78, 5) is 20.9. The maximum absolute atomic E-state index is 13.6. The third-order valence-corrected chi connectivity index (χ3v) is 9.40. The lowest BCUT2D eigenvalue weighted by atomic mass is 9.86. The van der Waals surface area contributed by atoms with E-state index in [9.17, 15) is 13.6 Å². The van der Waals surface area contributed by atoms with Gasteiger partial charge >= 0.3 is 0 Å². The van der Waals surface area contributed by atoms with E-state index in [1.807, 2.05) is 6.20 Å². The molecule has 3 fully saturated rings. The molecule has 10 heteroatoms. The second kappa shape index (κ2) is 10.4. The first kappa shape index (κ1) is 25.7. The summed E-state index contributed by atoms with van der Waals surface area (Å²) < 4.78 is 29.5. The summed E-state index contributed by atoms with van der Waals surface area (Å²) in [5.41, 5.74) is 1.79. The van der Waals surface area contributed by atoms with Crippen molar-refractivity contribution in [1.82, 2.24) is 30.0 Å². The molecular formula is C26H38F2N6OS. The van der Waals surface area contributed by atoms with Crippen molar-refractivity contribution in [3.8, 4) is 0 Å². The van der Waals surface area contributed by atoms with Crippen LogP contribution in [-0.2, 0) is 4.79 Å². The molecule has 7 nitrogen and oxygen atoms in total. The second-order valence-electron chi connectivity index (χ2n) is 11.3. The maximum Gasteiger partial charge on any atom is 0.248 e. The number of alkyl halides is 2. The number of aryl methyl sites for hydroxylation is 1. The molecular weight excluding hydrogens is 482 g/mol. The number of rotatable bonds is 8. The number of aromatic nitrogens is 4. The Morgan fingerprint density at radius 2 is 1.83 bits per heavy atom. The number of nitrogens with one attached hydrogen (secondary N) is 1. The Kier molecular flexibility index (Phi) is 7.45. The van der Waals surface area contributed by atoms with E-state index >= 15 is 0 Å². The van der Waals surface area contributed by atoms with Crippen LogP contribution in [0.1, 0.15) is 106 Å². The van der Waals surface area contributed by atoms with Crippen LogP contribution in [0.25, 0.3) is 0 Å². The molecule has 2 aromatic heterocycles. The number of amides is 1. The van der Waals surface area contributed by atoms with Crippen LogP contribution in [0, 0.1) is 12.8 Å². The van der Waals surface area contributed by atoms with E-state index in [4.69, 9.17) is 0 Å². The van der Waals surface area contributed by atoms with Crippen molar-refractivity contribution < 1.29 is 13.6 Å². The molecule has 1 aliphatic carbocycles. The average Bonchev–Trinajstić information content (AvgIpc) is 3.55. The number of carbonyl (C=O) groups excluding carboxylic acids is 1. The highest BCUT2D eigenvalue weighted by atomic mass is 32.1. The van der Waals surface area contributed by atoms with E-state index in [-0.39, 0.29) is 43.6 Å². The lowest BCUT2D eigenvalue weighted by molar-refractivity contribution is -0.130. The molecule has 1 unspecified atom stereocenters.